The summed E-state index contributed by atoms with van der Waals surface area (Å²) in [5, 5.41) is 8.50. The first-order valence-electron chi connectivity index (χ1n) is 13.2. The first-order chi connectivity index (χ1) is 18.3. The van der Waals surface area contributed by atoms with Gasteiger partial charge in [0.05, 0.1) is 47.2 Å². The minimum absolute atomic E-state index is 0.0861. The van der Waals surface area contributed by atoms with Crippen molar-refractivity contribution in [3.63, 3.8) is 0 Å². The molecule has 2 saturated heterocycles. The zero-order valence-corrected chi connectivity index (χ0v) is 22.2. The van der Waals surface area contributed by atoms with E-state index in [1.165, 1.54) is 0 Å². The van der Waals surface area contributed by atoms with E-state index < -0.39 is 5.91 Å². The van der Waals surface area contributed by atoms with Crippen LogP contribution in [-0.4, -0.2) is 78.7 Å². The summed E-state index contributed by atoms with van der Waals surface area (Å²) in [5.41, 5.74) is 10.6. The third-order valence-electron chi connectivity index (χ3n) is 7.08. The highest BCUT2D eigenvalue weighted by atomic mass is 16.6. The molecule has 0 atom stereocenters. The number of rotatable bonds is 6. The number of aromatic nitrogens is 2. The van der Waals surface area contributed by atoms with Gasteiger partial charge in [0, 0.05) is 39.0 Å². The lowest BCUT2D eigenvalue weighted by atomic mass is 9.99. The molecule has 3 aromatic rings. The molecule has 2 amide bonds. The van der Waals surface area contributed by atoms with Gasteiger partial charge < -0.3 is 29.7 Å². The maximum atomic E-state index is 12.3. The molecule has 3 N–H and O–H groups in total. The van der Waals surface area contributed by atoms with Crippen molar-refractivity contribution >= 4 is 28.6 Å². The standard InChI is InChI=1S/C28H35N5O5/c1-17(2)37-28(35)33-10-8-32(9-11-33)24-15-19(4-5-22(24)27(29)34)20-14-23-26(18(3)30-31-23)25(16-20)38-21-6-12-36-13-7-21/h4-5,14-17,21H,6-13H2,1-3H3,(H2,29,34)(H,30,31). The zero-order chi connectivity index (χ0) is 26.8. The first kappa shape index (κ1) is 25.8. The Bertz CT molecular complexity index is 1320. The summed E-state index contributed by atoms with van der Waals surface area (Å²) in [6.07, 6.45) is 1.29. The summed E-state index contributed by atoms with van der Waals surface area (Å²) >= 11 is 0. The first-order valence-corrected chi connectivity index (χ1v) is 13.2. The van der Waals surface area contributed by atoms with Gasteiger partial charge in [0.15, 0.2) is 0 Å². The maximum Gasteiger partial charge on any atom is 0.410 e. The monoisotopic (exact) mass is 521 g/mol. The number of nitrogens with zero attached hydrogens (tertiary/aromatic N) is 3. The van der Waals surface area contributed by atoms with Gasteiger partial charge in [-0.15, -0.1) is 0 Å². The number of nitrogens with one attached hydrogen (secondary N) is 1. The predicted molar refractivity (Wildman–Crippen MR) is 145 cm³/mol. The number of carbonyl (C=O) groups excluding carboxylic acids is 2. The molecule has 2 aliphatic rings. The van der Waals surface area contributed by atoms with Crippen LogP contribution in [0.1, 0.15) is 42.7 Å². The van der Waals surface area contributed by atoms with Crippen molar-refractivity contribution in [2.75, 3.05) is 44.3 Å². The molecule has 202 valence electrons. The highest BCUT2D eigenvalue weighted by Gasteiger charge is 2.26. The second-order valence-corrected chi connectivity index (χ2v) is 10.1. The molecule has 10 heteroatoms. The predicted octanol–water partition coefficient (Wildman–Crippen LogP) is 3.86. The number of ether oxygens (including phenoxy) is 3. The zero-order valence-electron chi connectivity index (χ0n) is 22.2. The van der Waals surface area contributed by atoms with Crippen molar-refractivity contribution in [1.29, 1.82) is 0 Å². The van der Waals surface area contributed by atoms with Gasteiger partial charge in [0.1, 0.15) is 11.9 Å². The Morgan fingerprint density at radius 3 is 2.50 bits per heavy atom. The van der Waals surface area contributed by atoms with Crippen molar-refractivity contribution in [2.24, 2.45) is 5.73 Å². The lowest BCUT2D eigenvalue weighted by Crippen LogP contribution is -2.49. The molecule has 0 radical (unpaired) electrons. The minimum atomic E-state index is -0.489. The number of piperazine rings is 1. The van der Waals surface area contributed by atoms with Crippen LogP contribution in [0, 0.1) is 6.92 Å². The van der Waals surface area contributed by atoms with Crippen LogP contribution in [-0.2, 0) is 9.47 Å². The van der Waals surface area contributed by atoms with E-state index in [9.17, 15) is 9.59 Å². The number of amides is 2. The number of anilines is 1. The lowest BCUT2D eigenvalue weighted by Gasteiger charge is -2.36. The Morgan fingerprint density at radius 1 is 1.08 bits per heavy atom. The van der Waals surface area contributed by atoms with E-state index in [1.54, 1.807) is 11.0 Å². The molecule has 0 spiro atoms. The van der Waals surface area contributed by atoms with Gasteiger partial charge in [-0.2, -0.15) is 5.10 Å². The molecule has 3 heterocycles. The molecule has 0 aliphatic carbocycles. The van der Waals surface area contributed by atoms with Crippen molar-refractivity contribution in [3.8, 4) is 16.9 Å². The van der Waals surface area contributed by atoms with Crippen LogP contribution in [0.3, 0.4) is 0 Å². The van der Waals surface area contributed by atoms with E-state index in [1.807, 2.05) is 39.0 Å². The van der Waals surface area contributed by atoms with Gasteiger partial charge in [0.25, 0.3) is 5.91 Å². The fourth-order valence-corrected chi connectivity index (χ4v) is 5.10. The molecular formula is C28H35N5O5. The molecule has 38 heavy (non-hydrogen) atoms. The number of benzene rings is 2. The molecular weight excluding hydrogens is 486 g/mol. The highest BCUT2D eigenvalue weighted by Crippen LogP contribution is 2.37. The number of hydrogen-bond donors (Lipinski definition) is 2. The van der Waals surface area contributed by atoms with Crippen molar-refractivity contribution < 1.29 is 23.8 Å². The maximum absolute atomic E-state index is 12.3. The fourth-order valence-electron chi connectivity index (χ4n) is 5.10. The third kappa shape index (κ3) is 5.40. The molecule has 0 saturated carbocycles. The SMILES string of the molecule is Cc1n[nH]c2cc(-c3ccc(C(N)=O)c(N4CCN(C(=O)OC(C)C)CC4)c3)cc(OC3CCOCC3)c12. The van der Waals surface area contributed by atoms with Crippen LogP contribution in [0.25, 0.3) is 22.0 Å². The average molecular weight is 522 g/mol. The van der Waals surface area contributed by atoms with Gasteiger partial charge >= 0.3 is 6.09 Å². The van der Waals surface area contributed by atoms with Crippen LogP contribution < -0.4 is 15.4 Å². The summed E-state index contributed by atoms with van der Waals surface area (Å²) < 4.78 is 17.3. The van der Waals surface area contributed by atoms with Gasteiger partial charge in [-0.05, 0) is 56.2 Å². The second-order valence-electron chi connectivity index (χ2n) is 10.1. The van der Waals surface area contributed by atoms with Gasteiger partial charge in [-0.3, -0.25) is 9.89 Å². The number of nitrogens with two attached hydrogens (primary N) is 1. The number of primary amides is 1. The fraction of sp³-hybridized carbons (Fsp3) is 0.464. The lowest BCUT2D eigenvalue weighted by molar-refractivity contribution is 0.0262. The highest BCUT2D eigenvalue weighted by molar-refractivity contribution is 6.00. The van der Waals surface area contributed by atoms with E-state index in [0.29, 0.717) is 45.0 Å². The van der Waals surface area contributed by atoms with E-state index in [2.05, 4.69) is 21.2 Å². The Labute approximate surface area is 222 Å². The van der Waals surface area contributed by atoms with E-state index in [4.69, 9.17) is 19.9 Å². The van der Waals surface area contributed by atoms with Crippen molar-refractivity contribution in [2.45, 2.75) is 45.8 Å². The summed E-state index contributed by atoms with van der Waals surface area (Å²) in [6, 6.07) is 9.76. The number of carbonyl (C=O) groups is 2. The number of fused-ring (bicyclic) bond motifs is 1. The Hall–Kier alpha value is -3.79. The molecule has 1 aromatic heterocycles. The number of aryl methyl sites for hydroxylation is 1. The van der Waals surface area contributed by atoms with Gasteiger partial charge in [-0.25, -0.2) is 4.79 Å². The Kier molecular flexibility index (Phi) is 7.42. The summed E-state index contributed by atoms with van der Waals surface area (Å²) in [4.78, 5) is 28.5. The molecule has 2 aromatic carbocycles. The topological polar surface area (TPSA) is 123 Å². The largest absolute Gasteiger partial charge is 0.489 e. The van der Waals surface area contributed by atoms with Crippen molar-refractivity contribution in [1.82, 2.24) is 15.1 Å². The molecule has 10 nitrogen and oxygen atoms in total. The van der Waals surface area contributed by atoms with Gasteiger partial charge in [-0.1, -0.05) is 6.07 Å². The third-order valence-corrected chi connectivity index (χ3v) is 7.08. The molecule has 0 bridgehead atoms. The van der Waals surface area contributed by atoms with E-state index in [0.717, 1.165) is 52.0 Å². The van der Waals surface area contributed by atoms with Crippen molar-refractivity contribution in [3.05, 3.63) is 41.6 Å². The Morgan fingerprint density at radius 2 is 1.82 bits per heavy atom. The van der Waals surface area contributed by atoms with Crippen LogP contribution >= 0.6 is 0 Å². The minimum Gasteiger partial charge on any atom is -0.489 e. The van der Waals surface area contributed by atoms with Gasteiger partial charge in [0.2, 0.25) is 0 Å². The number of H-pyrrole nitrogens is 1. The molecule has 2 aliphatic heterocycles. The second kappa shape index (κ2) is 10.9. The number of hydrogen-bond acceptors (Lipinski definition) is 7. The molecule has 2 fully saturated rings. The van der Waals surface area contributed by atoms with Crippen LogP contribution in [0.15, 0.2) is 30.3 Å². The smallest absolute Gasteiger partial charge is 0.410 e. The quantitative estimate of drug-likeness (QED) is 0.505. The Balaban J connectivity index is 1.45. The summed E-state index contributed by atoms with van der Waals surface area (Å²) in [6.45, 7) is 9.14. The average Bonchev–Trinajstić information content (AvgIpc) is 3.29. The summed E-state index contributed by atoms with van der Waals surface area (Å²) in [7, 11) is 0. The van der Waals surface area contributed by atoms with Crippen LogP contribution in [0.2, 0.25) is 0 Å². The van der Waals surface area contributed by atoms with E-state index in [-0.39, 0.29) is 18.3 Å². The normalized spacial score (nSPS) is 16.7. The molecule has 0 unspecified atom stereocenters. The number of aromatic amines is 1. The van der Waals surface area contributed by atoms with E-state index >= 15 is 0 Å². The van der Waals surface area contributed by atoms with Crippen LogP contribution in [0.4, 0.5) is 10.5 Å². The van der Waals surface area contributed by atoms with Crippen LogP contribution in [0.5, 0.6) is 5.75 Å². The molecule has 5 rings (SSSR count). The summed E-state index contributed by atoms with van der Waals surface area (Å²) in [5.74, 6) is 0.296.